The van der Waals surface area contributed by atoms with Crippen LogP contribution in [0.5, 0.6) is 0 Å². The molecule has 3 aromatic carbocycles. The third-order valence-corrected chi connectivity index (χ3v) is 6.84. The van der Waals surface area contributed by atoms with E-state index in [2.05, 4.69) is 41.4 Å². The SMILES string of the molecule is CCc1ccc(C(CNC(=O)c2cc(-c3ccccc3)nc3ccccc23)N2CCCC2)cc1. The van der Waals surface area contributed by atoms with Crippen LogP contribution in [0.2, 0.25) is 0 Å². The Morgan fingerprint density at radius 3 is 2.38 bits per heavy atom. The first kappa shape index (κ1) is 22.3. The summed E-state index contributed by atoms with van der Waals surface area (Å²) < 4.78 is 0. The van der Waals surface area contributed by atoms with Crippen LogP contribution >= 0.6 is 0 Å². The number of fused-ring (bicyclic) bond motifs is 1. The molecule has 1 aromatic heterocycles. The summed E-state index contributed by atoms with van der Waals surface area (Å²) in [6.45, 7) is 4.91. The van der Waals surface area contributed by atoms with E-state index in [0.717, 1.165) is 41.7 Å². The first-order valence-electron chi connectivity index (χ1n) is 12.3. The van der Waals surface area contributed by atoms with Crippen molar-refractivity contribution in [2.24, 2.45) is 0 Å². The van der Waals surface area contributed by atoms with Crippen molar-refractivity contribution < 1.29 is 4.79 Å². The molecule has 0 aliphatic carbocycles. The molecule has 4 aromatic rings. The summed E-state index contributed by atoms with van der Waals surface area (Å²) >= 11 is 0. The summed E-state index contributed by atoms with van der Waals surface area (Å²) in [6.07, 6.45) is 3.46. The van der Waals surface area contributed by atoms with Gasteiger partial charge >= 0.3 is 0 Å². The van der Waals surface area contributed by atoms with Gasteiger partial charge in [-0.25, -0.2) is 4.98 Å². The molecular formula is C30H31N3O. The molecule has 1 atom stereocenters. The Kier molecular flexibility index (Phi) is 6.68. The van der Waals surface area contributed by atoms with E-state index in [1.54, 1.807) is 0 Å². The Balaban J connectivity index is 1.43. The van der Waals surface area contributed by atoms with Crippen LogP contribution in [-0.2, 0) is 6.42 Å². The Bertz CT molecular complexity index is 1260. The van der Waals surface area contributed by atoms with Gasteiger partial charge < -0.3 is 5.32 Å². The van der Waals surface area contributed by atoms with Crippen LogP contribution in [0.3, 0.4) is 0 Å². The number of pyridine rings is 1. The number of aromatic nitrogens is 1. The molecular weight excluding hydrogens is 418 g/mol. The molecule has 172 valence electrons. The number of amides is 1. The highest BCUT2D eigenvalue weighted by molar-refractivity contribution is 6.07. The molecule has 0 bridgehead atoms. The zero-order valence-corrected chi connectivity index (χ0v) is 19.7. The number of benzene rings is 3. The van der Waals surface area contributed by atoms with Gasteiger partial charge in [0.05, 0.1) is 22.8 Å². The summed E-state index contributed by atoms with van der Waals surface area (Å²) in [7, 11) is 0. The van der Waals surface area contributed by atoms with Crippen LogP contribution in [-0.4, -0.2) is 35.4 Å². The van der Waals surface area contributed by atoms with Crippen molar-refractivity contribution in [2.45, 2.75) is 32.2 Å². The van der Waals surface area contributed by atoms with Gasteiger partial charge in [0.2, 0.25) is 0 Å². The third-order valence-electron chi connectivity index (χ3n) is 6.84. The standard InChI is InChI=1S/C30H31N3O/c1-2-22-14-16-24(17-15-22)29(33-18-8-9-19-33)21-31-30(34)26-20-28(23-10-4-3-5-11-23)32-27-13-7-6-12-25(26)27/h3-7,10-17,20,29H,2,8-9,18-19,21H2,1H3,(H,31,34). The molecule has 1 N–H and O–H groups in total. The highest BCUT2D eigenvalue weighted by atomic mass is 16.1. The average molecular weight is 450 g/mol. The number of likely N-dealkylation sites (tertiary alicyclic amines) is 1. The van der Waals surface area contributed by atoms with Gasteiger partial charge in [-0.1, -0.05) is 79.7 Å². The maximum Gasteiger partial charge on any atom is 0.252 e. The Hall–Kier alpha value is -3.50. The number of rotatable bonds is 7. The monoisotopic (exact) mass is 449 g/mol. The van der Waals surface area contributed by atoms with Crippen molar-refractivity contribution in [3.05, 3.63) is 102 Å². The fourth-order valence-electron chi connectivity index (χ4n) is 4.89. The van der Waals surface area contributed by atoms with Gasteiger partial charge in [-0.3, -0.25) is 9.69 Å². The summed E-state index contributed by atoms with van der Waals surface area (Å²) in [5.74, 6) is -0.0508. The largest absolute Gasteiger partial charge is 0.350 e. The minimum absolute atomic E-state index is 0.0508. The predicted molar refractivity (Wildman–Crippen MR) is 139 cm³/mol. The van der Waals surface area contributed by atoms with Crippen molar-refractivity contribution in [1.82, 2.24) is 15.2 Å². The molecule has 1 aliphatic heterocycles. The number of hydrogen-bond acceptors (Lipinski definition) is 3. The lowest BCUT2D eigenvalue weighted by atomic mass is 10.0. The van der Waals surface area contributed by atoms with Gasteiger partial charge in [0, 0.05) is 17.5 Å². The van der Waals surface area contributed by atoms with E-state index in [0.29, 0.717) is 12.1 Å². The Morgan fingerprint density at radius 2 is 1.65 bits per heavy atom. The zero-order valence-electron chi connectivity index (χ0n) is 19.7. The van der Waals surface area contributed by atoms with E-state index in [1.807, 2.05) is 60.7 Å². The molecule has 4 heteroatoms. The molecule has 1 saturated heterocycles. The van der Waals surface area contributed by atoms with Gasteiger partial charge in [0.1, 0.15) is 0 Å². The number of carbonyl (C=O) groups is 1. The van der Waals surface area contributed by atoms with E-state index in [1.165, 1.54) is 24.0 Å². The van der Waals surface area contributed by atoms with Gasteiger partial charge in [0.15, 0.2) is 0 Å². The fourth-order valence-corrected chi connectivity index (χ4v) is 4.89. The topological polar surface area (TPSA) is 45.2 Å². The van der Waals surface area contributed by atoms with E-state index in [9.17, 15) is 4.79 Å². The van der Waals surface area contributed by atoms with Crippen molar-refractivity contribution in [3.8, 4) is 11.3 Å². The van der Waals surface area contributed by atoms with Gasteiger partial charge in [-0.2, -0.15) is 0 Å². The van der Waals surface area contributed by atoms with Gasteiger partial charge in [0.25, 0.3) is 5.91 Å². The minimum atomic E-state index is -0.0508. The molecule has 0 radical (unpaired) electrons. The molecule has 4 nitrogen and oxygen atoms in total. The van der Waals surface area contributed by atoms with Crippen LogP contribution in [0.25, 0.3) is 22.2 Å². The molecule has 1 unspecified atom stereocenters. The normalized spacial score (nSPS) is 14.9. The molecule has 1 fully saturated rings. The summed E-state index contributed by atoms with van der Waals surface area (Å²) in [6, 6.07) is 28.9. The molecule has 5 rings (SSSR count). The molecule has 0 spiro atoms. The zero-order chi connectivity index (χ0) is 23.3. The first-order chi connectivity index (χ1) is 16.7. The quantitative estimate of drug-likeness (QED) is 0.375. The maximum absolute atomic E-state index is 13.5. The highest BCUT2D eigenvalue weighted by Crippen LogP contribution is 2.27. The summed E-state index contributed by atoms with van der Waals surface area (Å²) in [5.41, 5.74) is 5.93. The Morgan fingerprint density at radius 1 is 0.941 bits per heavy atom. The number of nitrogens with zero attached hydrogens (tertiary/aromatic N) is 2. The predicted octanol–water partition coefficient (Wildman–Crippen LogP) is 6.03. The van der Waals surface area contributed by atoms with Crippen molar-refractivity contribution in [2.75, 3.05) is 19.6 Å². The van der Waals surface area contributed by atoms with Crippen LogP contribution in [0.15, 0.2) is 84.9 Å². The number of hydrogen-bond donors (Lipinski definition) is 1. The van der Waals surface area contributed by atoms with E-state index in [-0.39, 0.29) is 11.9 Å². The second-order valence-corrected chi connectivity index (χ2v) is 9.00. The van der Waals surface area contributed by atoms with Crippen LogP contribution < -0.4 is 5.32 Å². The van der Waals surface area contributed by atoms with Crippen molar-refractivity contribution in [1.29, 1.82) is 0 Å². The molecule has 1 amide bonds. The van der Waals surface area contributed by atoms with Gasteiger partial charge in [-0.15, -0.1) is 0 Å². The number of nitrogens with one attached hydrogen (secondary N) is 1. The Labute approximate surface area is 201 Å². The fraction of sp³-hybridized carbons (Fsp3) is 0.267. The van der Waals surface area contributed by atoms with E-state index in [4.69, 9.17) is 4.98 Å². The van der Waals surface area contributed by atoms with Crippen LogP contribution in [0.1, 0.15) is 47.3 Å². The van der Waals surface area contributed by atoms with E-state index < -0.39 is 0 Å². The average Bonchev–Trinajstić information content (AvgIpc) is 3.43. The first-order valence-corrected chi connectivity index (χ1v) is 12.3. The molecule has 1 aliphatic rings. The second kappa shape index (κ2) is 10.2. The number of para-hydroxylation sites is 1. The van der Waals surface area contributed by atoms with E-state index >= 15 is 0 Å². The lowest BCUT2D eigenvalue weighted by Gasteiger charge is -2.28. The second-order valence-electron chi connectivity index (χ2n) is 9.00. The molecule has 2 heterocycles. The maximum atomic E-state index is 13.5. The highest BCUT2D eigenvalue weighted by Gasteiger charge is 2.24. The lowest BCUT2D eigenvalue weighted by Crippen LogP contribution is -2.37. The lowest BCUT2D eigenvalue weighted by molar-refractivity contribution is 0.0939. The van der Waals surface area contributed by atoms with Crippen LogP contribution in [0, 0.1) is 0 Å². The molecule has 34 heavy (non-hydrogen) atoms. The van der Waals surface area contributed by atoms with Crippen molar-refractivity contribution >= 4 is 16.8 Å². The molecule has 0 saturated carbocycles. The van der Waals surface area contributed by atoms with Crippen LogP contribution in [0.4, 0.5) is 0 Å². The third kappa shape index (κ3) is 4.73. The minimum Gasteiger partial charge on any atom is -0.350 e. The summed E-state index contributed by atoms with van der Waals surface area (Å²) in [4.78, 5) is 20.9. The van der Waals surface area contributed by atoms with Crippen molar-refractivity contribution in [3.63, 3.8) is 0 Å². The smallest absolute Gasteiger partial charge is 0.252 e. The number of aryl methyl sites for hydroxylation is 1. The summed E-state index contributed by atoms with van der Waals surface area (Å²) in [5, 5.41) is 4.14. The van der Waals surface area contributed by atoms with Gasteiger partial charge in [-0.05, 0) is 55.6 Å². The number of carbonyl (C=O) groups excluding carboxylic acids is 1.